The van der Waals surface area contributed by atoms with E-state index in [0.717, 1.165) is 5.69 Å². The summed E-state index contributed by atoms with van der Waals surface area (Å²) in [7, 11) is 0. The van der Waals surface area contributed by atoms with E-state index in [4.69, 9.17) is 0 Å². The molecule has 0 aliphatic heterocycles. The Hall–Kier alpha value is -6.42. The second-order valence-electron chi connectivity index (χ2n) is 13.6. The van der Waals surface area contributed by atoms with Crippen LogP contribution >= 0.6 is 11.3 Å². The number of rotatable bonds is 2. The fourth-order valence-corrected chi connectivity index (χ4v) is 10.3. The van der Waals surface area contributed by atoms with Crippen molar-refractivity contribution in [3.05, 3.63) is 170 Å². The van der Waals surface area contributed by atoms with Crippen molar-refractivity contribution in [2.24, 2.45) is 0 Å². The molecule has 0 aliphatic rings. The predicted molar refractivity (Wildman–Crippen MR) is 221 cm³/mol. The molecular weight excluding hydrogens is 637 g/mol. The highest BCUT2D eigenvalue weighted by Crippen LogP contribution is 2.52. The maximum Gasteiger partial charge on any atom is 0.0726 e. The number of para-hydroxylation sites is 3. The molecule has 0 saturated carbocycles. The van der Waals surface area contributed by atoms with E-state index < -0.39 is 0 Å². The molecule has 9 aromatic carbocycles. The van der Waals surface area contributed by atoms with Crippen molar-refractivity contribution in [1.29, 1.82) is 0 Å². The smallest absolute Gasteiger partial charge is 0.0726 e. The van der Waals surface area contributed by atoms with Crippen LogP contribution in [0, 0.1) is 0 Å². The first-order chi connectivity index (χ1) is 25.3. The van der Waals surface area contributed by atoms with Crippen molar-refractivity contribution < 1.29 is 0 Å². The van der Waals surface area contributed by atoms with Crippen LogP contribution in [0.15, 0.2) is 170 Å². The number of fused-ring (bicyclic) bond motifs is 18. The van der Waals surface area contributed by atoms with Crippen molar-refractivity contribution >= 4 is 107 Å². The Morgan fingerprint density at radius 3 is 1.57 bits per heavy atom. The maximum atomic E-state index is 2.55. The minimum atomic E-state index is 1.16. The van der Waals surface area contributed by atoms with Gasteiger partial charge in [-0.25, -0.2) is 0 Å². The van der Waals surface area contributed by atoms with Crippen LogP contribution in [-0.4, -0.2) is 9.13 Å². The Morgan fingerprint density at radius 2 is 0.843 bits per heavy atom. The molecule has 51 heavy (non-hydrogen) atoms. The van der Waals surface area contributed by atoms with E-state index in [9.17, 15) is 0 Å². The summed E-state index contributed by atoms with van der Waals surface area (Å²) in [5.74, 6) is 0. The molecule has 0 aliphatic carbocycles. The van der Waals surface area contributed by atoms with Crippen molar-refractivity contribution in [3.8, 4) is 11.4 Å². The summed E-state index contributed by atoms with van der Waals surface area (Å²) in [6.07, 6.45) is 0. The van der Waals surface area contributed by atoms with Gasteiger partial charge in [0.25, 0.3) is 0 Å². The van der Waals surface area contributed by atoms with E-state index in [-0.39, 0.29) is 0 Å². The molecule has 0 spiro atoms. The van der Waals surface area contributed by atoms with Crippen molar-refractivity contribution in [3.63, 3.8) is 0 Å². The van der Waals surface area contributed by atoms with Gasteiger partial charge in [0.15, 0.2) is 0 Å². The van der Waals surface area contributed by atoms with E-state index >= 15 is 0 Å². The van der Waals surface area contributed by atoms with Gasteiger partial charge in [0.1, 0.15) is 0 Å². The van der Waals surface area contributed by atoms with E-state index in [1.165, 1.54) is 102 Å². The molecule has 0 unspecified atom stereocenters. The van der Waals surface area contributed by atoms with Crippen LogP contribution < -0.4 is 0 Å². The van der Waals surface area contributed by atoms with Gasteiger partial charge in [0.2, 0.25) is 0 Å². The fourth-order valence-electron chi connectivity index (χ4n) is 9.05. The first-order valence-electron chi connectivity index (χ1n) is 17.5. The Labute approximate surface area is 296 Å². The van der Waals surface area contributed by atoms with Crippen LogP contribution in [0.3, 0.4) is 0 Å². The van der Waals surface area contributed by atoms with Crippen LogP contribution in [0.4, 0.5) is 0 Å². The molecule has 0 fully saturated rings. The van der Waals surface area contributed by atoms with Gasteiger partial charge in [-0.05, 0) is 64.0 Å². The lowest BCUT2D eigenvalue weighted by Gasteiger charge is -2.15. The monoisotopic (exact) mass is 664 g/mol. The van der Waals surface area contributed by atoms with Gasteiger partial charge in [0, 0.05) is 59.2 Å². The van der Waals surface area contributed by atoms with Gasteiger partial charge in [0.05, 0.1) is 26.8 Å². The molecule has 12 aromatic rings. The van der Waals surface area contributed by atoms with E-state index in [1.54, 1.807) is 0 Å². The van der Waals surface area contributed by atoms with Crippen LogP contribution in [-0.2, 0) is 0 Å². The molecule has 0 atom stereocenters. The minimum absolute atomic E-state index is 1.16. The molecule has 12 rings (SSSR count). The van der Waals surface area contributed by atoms with E-state index in [2.05, 4.69) is 179 Å². The lowest BCUT2D eigenvalue weighted by Crippen LogP contribution is -1.97. The first-order valence-corrected chi connectivity index (χ1v) is 18.4. The van der Waals surface area contributed by atoms with Crippen LogP contribution in [0.25, 0.3) is 107 Å². The Morgan fingerprint density at radius 1 is 0.314 bits per heavy atom. The lowest BCUT2D eigenvalue weighted by molar-refractivity contribution is 1.16. The van der Waals surface area contributed by atoms with Crippen LogP contribution in [0.5, 0.6) is 0 Å². The largest absolute Gasteiger partial charge is 0.309 e. The average Bonchev–Trinajstić information content (AvgIpc) is 3.86. The normalized spacial score (nSPS) is 12.3. The summed E-state index contributed by atoms with van der Waals surface area (Å²) < 4.78 is 7.62. The molecule has 0 bridgehead atoms. The van der Waals surface area contributed by atoms with Crippen molar-refractivity contribution in [2.75, 3.05) is 0 Å². The lowest BCUT2D eigenvalue weighted by atomic mass is 9.89. The fraction of sp³-hybridized carbons (Fsp3) is 0. The summed E-state index contributed by atoms with van der Waals surface area (Å²) >= 11 is 1.93. The standard InChI is InChI=1S/C48H28N2S/c1-2-14-29(15-3-1)49-39-23-11-8-18-33(39)34-27-26-30(28-41(34)49)50-40-24-12-9-21-37(40)45-43-35-19-6-4-16-31(35)32-17-5-7-20-36(32)44(43)46-38-22-10-13-25-42(38)51-48(46)47(45)50/h1-28H. The maximum absolute atomic E-state index is 2.55. The predicted octanol–water partition coefficient (Wildman–Crippen LogP) is 13.7. The third-order valence-corrected chi connectivity index (χ3v) is 12.2. The third kappa shape index (κ3) is 3.56. The Bertz CT molecular complexity index is 3410. The highest BCUT2D eigenvalue weighted by Gasteiger charge is 2.25. The molecule has 3 aromatic heterocycles. The number of aromatic nitrogens is 2. The van der Waals surface area contributed by atoms with Gasteiger partial charge in [-0.2, -0.15) is 0 Å². The Kier molecular flexibility index (Phi) is 5.41. The molecule has 2 nitrogen and oxygen atoms in total. The quantitative estimate of drug-likeness (QED) is 0.163. The number of benzene rings is 9. The summed E-state index contributed by atoms with van der Waals surface area (Å²) in [6, 6.07) is 62.7. The second-order valence-corrected chi connectivity index (χ2v) is 14.7. The molecule has 236 valence electrons. The second kappa shape index (κ2) is 10.1. The van der Waals surface area contributed by atoms with Gasteiger partial charge in [-0.15, -0.1) is 11.3 Å². The topological polar surface area (TPSA) is 9.86 Å². The highest BCUT2D eigenvalue weighted by molar-refractivity contribution is 7.27. The zero-order valence-corrected chi connectivity index (χ0v) is 28.3. The zero-order chi connectivity index (χ0) is 33.2. The van der Waals surface area contributed by atoms with E-state index in [1.807, 2.05) is 11.3 Å². The number of hydrogen-bond acceptors (Lipinski definition) is 1. The van der Waals surface area contributed by atoms with E-state index in [0.29, 0.717) is 0 Å². The number of thiophene rings is 1. The van der Waals surface area contributed by atoms with Crippen LogP contribution in [0.1, 0.15) is 0 Å². The summed E-state index contributed by atoms with van der Waals surface area (Å²) in [5, 5.41) is 15.7. The molecule has 0 N–H and O–H groups in total. The Balaban J connectivity index is 1.35. The average molecular weight is 665 g/mol. The highest BCUT2D eigenvalue weighted by atomic mass is 32.1. The van der Waals surface area contributed by atoms with Crippen molar-refractivity contribution in [2.45, 2.75) is 0 Å². The molecular formula is C48H28N2S. The van der Waals surface area contributed by atoms with Crippen LogP contribution in [0.2, 0.25) is 0 Å². The third-order valence-electron chi connectivity index (χ3n) is 11.0. The summed E-state index contributed by atoms with van der Waals surface area (Å²) in [6.45, 7) is 0. The first kappa shape index (κ1) is 27.4. The number of hydrogen-bond donors (Lipinski definition) is 0. The zero-order valence-electron chi connectivity index (χ0n) is 27.5. The van der Waals surface area contributed by atoms with Crippen molar-refractivity contribution in [1.82, 2.24) is 9.13 Å². The molecule has 0 saturated heterocycles. The molecule has 3 heterocycles. The van der Waals surface area contributed by atoms with Gasteiger partial charge in [-0.3, -0.25) is 0 Å². The summed E-state index contributed by atoms with van der Waals surface area (Å²) in [5.41, 5.74) is 7.25. The van der Waals surface area contributed by atoms with Gasteiger partial charge < -0.3 is 9.13 Å². The van der Waals surface area contributed by atoms with Gasteiger partial charge in [-0.1, -0.05) is 127 Å². The minimum Gasteiger partial charge on any atom is -0.309 e. The van der Waals surface area contributed by atoms with Gasteiger partial charge >= 0.3 is 0 Å². The molecule has 0 amide bonds. The summed E-state index contributed by atoms with van der Waals surface area (Å²) in [4.78, 5) is 0. The number of nitrogens with zero attached hydrogens (tertiary/aromatic N) is 2. The SMILES string of the molecule is c1ccc(-n2c3ccccc3c3ccc(-n4c5ccccc5c5c6c7ccccc7c7ccccc7c6c6c7ccccc7sc6c54)cc32)cc1. The molecule has 3 heteroatoms. The molecule has 0 radical (unpaired) electrons.